The van der Waals surface area contributed by atoms with Crippen molar-refractivity contribution in [2.24, 2.45) is 5.73 Å². The van der Waals surface area contributed by atoms with Crippen molar-refractivity contribution < 1.29 is 9.90 Å². The van der Waals surface area contributed by atoms with E-state index in [-0.39, 0.29) is 12.5 Å². The van der Waals surface area contributed by atoms with Crippen molar-refractivity contribution in [3.63, 3.8) is 0 Å². The number of benzene rings is 1. The molecule has 86 valence electrons. The predicted octanol–water partition coefficient (Wildman–Crippen LogP) is 0.433. The molecule has 0 aromatic heterocycles. The van der Waals surface area contributed by atoms with Crippen LogP contribution in [0.4, 0.5) is 5.69 Å². The van der Waals surface area contributed by atoms with Gasteiger partial charge in [0.25, 0.3) is 0 Å². The summed E-state index contributed by atoms with van der Waals surface area (Å²) >= 11 is 0. The van der Waals surface area contributed by atoms with Crippen molar-refractivity contribution in [2.45, 2.75) is 25.3 Å². The Balaban J connectivity index is 2.08. The molecule has 4 N–H and O–H groups in total. The number of rotatable bonds is 3. The van der Waals surface area contributed by atoms with Gasteiger partial charge in [0.15, 0.2) is 0 Å². The summed E-state index contributed by atoms with van der Waals surface area (Å²) in [6, 6.07) is 5.06. The van der Waals surface area contributed by atoms with Gasteiger partial charge in [0.05, 0.1) is 6.61 Å². The molecule has 1 aliphatic rings. The molecular weight excluding hydrogens is 204 g/mol. The molecule has 1 aromatic carbocycles. The van der Waals surface area contributed by atoms with E-state index < -0.39 is 6.04 Å². The number of anilines is 1. The van der Waals surface area contributed by atoms with Gasteiger partial charge in [0.2, 0.25) is 5.91 Å². The van der Waals surface area contributed by atoms with Gasteiger partial charge in [-0.1, -0.05) is 6.07 Å². The van der Waals surface area contributed by atoms with E-state index in [2.05, 4.69) is 5.32 Å². The highest BCUT2D eigenvalue weighted by molar-refractivity contribution is 5.94. The molecule has 2 rings (SSSR count). The van der Waals surface area contributed by atoms with Gasteiger partial charge in [-0.15, -0.1) is 0 Å². The number of hydrogen-bond acceptors (Lipinski definition) is 3. The molecule has 0 aliphatic heterocycles. The van der Waals surface area contributed by atoms with Crippen molar-refractivity contribution in [2.75, 3.05) is 11.9 Å². The van der Waals surface area contributed by atoms with E-state index in [0.717, 1.165) is 18.5 Å². The zero-order chi connectivity index (χ0) is 11.5. The molecule has 1 amide bonds. The Morgan fingerprint density at radius 1 is 1.44 bits per heavy atom. The SMILES string of the molecule is NC(CO)C(=O)Nc1ccc2c(c1)CCC2. The molecule has 0 radical (unpaired) electrons. The van der Waals surface area contributed by atoms with Crippen molar-refractivity contribution in [3.05, 3.63) is 29.3 Å². The number of fused-ring (bicyclic) bond motifs is 1. The maximum atomic E-state index is 11.4. The number of aliphatic hydroxyl groups excluding tert-OH is 1. The van der Waals surface area contributed by atoms with Crippen LogP contribution in [-0.2, 0) is 17.6 Å². The quantitative estimate of drug-likeness (QED) is 0.691. The van der Waals surface area contributed by atoms with Gasteiger partial charge in [-0.25, -0.2) is 0 Å². The van der Waals surface area contributed by atoms with Crippen molar-refractivity contribution in [1.29, 1.82) is 0 Å². The minimum atomic E-state index is -0.853. The first kappa shape index (κ1) is 11.1. The predicted molar refractivity (Wildman–Crippen MR) is 62.2 cm³/mol. The van der Waals surface area contributed by atoms with Gasteiger partial charge in [-0.3, -0.25) is 4.79 Å². The first-order chi connectivity index (χ1) is 7.70. The van der Waals surface area contributed by atoms with Crippen LogP contribution in [0.15, 0.2) is 18.2 Å². The zero-order valence-corrected chi connectivity index (χ0v) is 9.07. The zero-order valence-electron chi connectivity index (χ0n) is 9.07. The monoisotopic (exact) mass is 220 g/mol. The van der Waals surface area contributed by atoms with Crippen LogP contribution in [-0.4, -0.2) is 23.7 Å². The first-order valence-electron chi connectivity index (χ1n) is 5.50. The van der Waals surface area contributed by atoms with E-state index in [1.807, 2.05) is 18.2 Å². The third-order valence-electron chi connectivity index (χ3n) is 2.90. The number of nitrogens with two attached hydrogens (primary N) is 1. The molecule has 1 aromatic rings. The fourth-order valence-electron chi connectivity index (χ4n) is 1.97. The second-order valence-electron chi connectivity index (χ2n) is 4.12. The third kappa shape index (κ3) is 2.23. The molecule has 1 aliphatic carbocycles. The Morgan fingerprint density at radius 3 is 2.94 bits per heavy atom. The van der Waals surface area contributed by atoms with E-state index >= 15 is 0 Å². The maximum absolute atomic E-state index is 11.4. The van der Waals surface area contributed by atoms with E-state index in [4.69, 9.17) is 10.8 Å². The molecule has 0 saturated heterocycles. The number of nitrogens with one attached hydrogen (secondary N) is 1. The number of hydrogen-bond donors (Lipinski definition) is 3. The van der Waals surface area contributed by atoms with Crippen molar-refractivity contribution in [1.82, 2.24) is 0 Å². The van der Waals surface area contributed by atoms with Gasteiger partial charge in [-0.2, -0.15) is 0 Å². The molecule has 4 heteroatoms. The molecule has 16 heavy (non-hydrogen) atoms. The van der Waals surface area contributed by atoms with Crippen LogP contribution in [0, 0.1) is 0 Å². The topological polar surface area (TPSA) is 75.3 Å². The number of carbonyl (C=O) groups excluding carboxylic acids is 1. The number of amides is 1. The summed E-state index contributed by atoms with van der Waals surface area (Å²) in [4.78, 5) is 11.4. The summed E-state index contributed by atoms with van der Waals surface area (Å²) in [6.07, 6.45) is 3.38. The van der Waals surface area contributed by atoms with Gasteiger partial charge in [0, 0.05) is 5.69 Å². The average molecular weight is 220 g/mol. The Labute approximate surface area is 94.5 Å². The Hall–Kier alpha value is -1.39. The summed E-state index contributed by atoms with van der Waals surface area (Å²) in [7, 11) is 0. The van der Waals surface area contributed by atoms with Crippen molar-refractivity contribution in [3.8, 4) is 0 Å². The van der Waals surface area contributed by atoms with E-state index in [0.29, 0.717) is 0 Å². The highest BCUT2D eigenvalue weighted by atomic mass is 16.3. The molecule has 1 unspecified atom stereocenters. The molecule has 0 spiro atoms. The summed E-state index contributed by atoms with van der Waals surface area (Å²) in [5.41, 5.74) is 8.84. The number of carbonyl (C=O) groups is 1. The second-order valence-corrected chi connectivity index (χ2v) is 4.12. The standard InChI is InChI=1S/C12H16N2O2/c13-11(7-15)12(16)14-10-5-4-8-2-1-3-9(8)6-10/h4-6,11,15H,1-3,7,13H2,(H,14,16). The van der Waals surface area contributed by atoms with Crippen LogP contribution in [0.1, 0.15) is 17.5 Å². The Bertz CT molecular complexity index is 404. The summed E-state index contributed by atoms with van der Waals surface area (Å²) < 4.78 is 0. The fraction of sp³-hybridized carbons (Fsp3) is 0.417. The van der Waals surface area contributed by atoms with Crippen LogP contribution in [0.25, 0.3) is 0 Å². The largest absolute Gasteiger partial charge is 0.394 e. The van der Waals surface area contributed by atoms with Crippen LogP contribution in [0.3, 0.4) is 0 Å². The van der Waals surface area contributed by atoms with Gasteiger partial charge >= 0.3 is 0 Å². The Morgan fingerprint density at radius 2 is 2.19 bits per heavy atom. The lowest BCUT2D eigenvalue weighted by molar-refractivity contribution is -0.118. The minimum Gasteiger partial charge on any atom is -0.394 e. The molecule has 4 nitrogen and oxygen atoms in total. The van der Waals surface area contributed by atoms with E-state index in [1.165, 1.54) is 17.5 Å². The molecule has 0 saturated carbocycles. The molecule has 1 atom stereocenters. The lowest BCUT2D eigenvalue weighted by Gasteiger charge is -2.10. The lowest BCUT2D eigenvalue weighted by atomic mass is 10.1. The van der Waals surface area contributed by atoms with Gasteiger partial charge in [0.1, 0.15) is 6.04 Å². The molecule has 0 bridgehead atoms. The van der Waals surface area contributed by atoms with Gasteiger partial charge < -0.3 is 16.2 Å². The van der Waals surface area contributed by atoms with Gasteiger partial charge in [-0.05, 0) is 42.5 Å². The van der Waals surface area contributed by atoms with Crippen molar-refractivity contribution >= 4 is 11.6 Å². The van der Waals surface area contributed by atoms with E-state index in [9.17, 15) is 4.79 Å². The molecular formula is C12H16N2O2. The van der Waals surface area contributed by atoms with Crippen LogP contribution in [0.2, 0.25) is 0 Å². The molecule has 0 fully saturated rings. The highest BCUT2D eigenvalue weighted by Crippen LogP contribution is 2.24. The fourth-order valence-corrected chi connectivity index (χ4v) is 1.97. The second kappa shape index (κ2) is 4.63. The van der Waals surface area contributed by atoms with Crippen LogP contribution < -0.4 is 11.1 Å². The summed E-state index contributed by atoms with van der Waals surface area (Å²) in [5, 5.41) is 11.5. The smallest absolute Gasteiger partial charge is 0.243 e. The normalized spacial score (nSPS) is 15.6. The average Bonchev–Trinajstić information content (AvgIpc) is 2.75. The summed E-state index contributed by atoms with van der Waals surface area (Å²) in [5.74, 6) is -0.347. The maximum Gasteiger partial charge on any atom is 0.243 e. The third-order valence-corrected chi connectivity index (χ3v) is 2.90. The highest BCUT2D eigenvalue weighted by Gasteiger charge is 2.14. The number of aliphatic hydroxyl groups is 1. The Kier molecular flexibility index (Phi) is 3.22. The first-order valence-corrected chi connectivity index (χ1v) is 5.50. The minimum absolute atomic E-state index is 0.337. The van der Waals surface area contributed by atoms with Crippen LogP contribution in [0.5, 0.6) is 0 Å². The summed E-state index contributed by atoms with van der Waals surface area (Å²) in [6.45, 7) is -0.337. The van der Waals surface area contributed by atoms with Crippen LogP contribution >= 0.6 is 0 Å². The lowest BCUT2D eigenvalue weighted by Crippen LogP contribution is -2.38. The van der Waals surface area contributed by atoms with E-state index in [1.54, 1.807) is 0 Å². The molecule has 0 heterocycles. The number of aryl methyl sites for hydroxylation is 2.